The number of carbonyl (C=O) groups is 1. The van der Waals surface area contributed by atoms with Crippen LogP contribution in [0.2, 0.25) is 0 Å². The van der Waals surface area contributed by atoms with Crippen molar-refractivity contribution in [1.29, 1.82) is 0 Å². The number of methoxy groups -OCH3 is 1. The number of carbonyl (C=O) groups excluding carboxylic acids is 1. The quantitative estimate of drug-likeness (QED) is 0.792. The maximum absolute atomic E-state index is 12.4. The van der Waals surface area contributed by atoms with E-state index in [-0.39, 0.29) is 5.54 Å². The number of likely N-dealkylation sites (tertiary alicyclic amines) is 2. The van der Waals surface area contributed by atoms with Crippen LogP contribution >= 0.6 is 0 Å². The maximum Gasteiger partial charge on any atom is 0.225 e. The third kappa shape index (κ3) is 2.61. The van der Waals surface area contributed by atoms with Crippen molar-refractivity contribution in [3.8, 4) is 0 Å². The van der Waals surface area contributed by atoms with Crippen LogP contribution in [0.15, 0.2) is 0 Å². The Hall–Kier alpha value is -0.650. The zero-order valence-corrected chi connectivity index (χ0v) is 14.3. The lowest BCUT2D eigenvalue weighted by atomic mass is 9.73. The molecule has 3 heterocycles. The van der Waals surface area contributed by atoms with E-state index >= 15 is 0 Å². The topological polar surface area (TPSA) is 42.0 Å². The van der Waals surface area contributed by atoms with Gasteiger partial charge in [0, 0.05) is 51.9 Å². The van der Waals surface area contributed by atoms with Crippen molar-refractivity contribution in [2.45, 2.75) is 62.6 Å². The van der Waals surface area contributed by atoms with Gasteiger partial charge in [0.25, 0.3) is 0 Å². The van der Waals surface area contributed by atoms with Crippen LogP contribution in [0.3, 0.4) is 0 Å². The summed E-state index contributed by atoms with van der Waals surface area (Å²) in [4.78, 5) is 17.2. The summed E-state index contributed by atoms with van der Waals surface area (Å²) < 4.78 is 11.3. The van der Waals surface area contributed by atoms with Crippen molar-refractivity contribution < 1.29 is 14.3 Å². The Labute approximate surface area is 139 Å². The van der Waals surface area contributed by atoms with Crippen LogP contribution in [0, 0.1) is 5.92 Å². The monoisotopic (exact) mass is 322 g/mol. The van der Waals surface area contributed by atoms with Crippen LogP contribution in [0.1, 0.15) is 44.9 Å². The first kappa shape index (κ1) is 15.9. The Morgan fingerprint density at radius 2 is 1.83 bits per heavy atom. The smallest absolute Gasteiger partial charge is 0.225 e. The molecule has 4 aliphatic rings. The molecule has 4 rings (SSSR count). The van der Waals surface area contributed by atoms with E-state index in [2.05, 4.69) is 9.80 Å². The van der Waals surface area contributed by atoms with E-state index < -0.39 is 0 Å². The molecule has 1 saturated carbocycles. The van der Waals surface area contributed by atoms with Crippen LogP contribution in [0.5, 0.6) is 0 Å². The van der Waals surface area contributed by atoms with Gasteiger partial charge in [0.1, 0.15) is 0 Å². The fraction of sp³-hybridized carbons (Fsp3) is 0.944. The van der Waals surface area contributed by atoms with Crippen LogP contribution in [0.25, 0.3) is 0 Å². The number of amides is 1. The molecule has 3 saturated heterocycles. The Balaban J connectivity index is 1.35. The molecule has 1 aliphatic carbocycles. The van der Waals surface area contributed by atoms with E-state index in [0.29, 0.717) is 24.0 Å². The number of nitrogens with zero attached hydrogens (tertiary/aromatic N) is 2. The molecule has 5 nitrogen and oxygen atoms in total. The summed E-state index contributed by atoms with van der Waals surface area (Å²) in [7, 11) is 1.85. The summed E-state index contributed by atoms with van der Waals surface area (Å²) in [5, 5.41) is 0. The van der Waals surface area contributed by atoms with Crippen molar-refractivity contribution in [1.82, 2.24) is 9.80 Å². The molecule has 1 atom stereocenters. The Kier molecular flexibility index (Phi) is 4.37. The molecule has 0 aromatic heterocycles. The van der Waals surface area contributed by atoms with E-state index in [0.717, 1.165) is 71.4 Å². The summed E-state index contributed by atoms with van der Waals surface area (Å²) in [6, 6.07) is 0.616. The van der Waals surface area contributed by atoms with Gasteiger partial charge in [0.05, 0.1) is 11.6 Å². The lowest BCUT2D eigenvalue weighted by molar-refractivity contribution is -0.208. The first-order valence-electron chi connectivity index (χ1n) is 9.41. The zero-order valence-electron chi connectivity index (χ0n) is 14.3. The van der Waals surface area contributed by atoms with Gasteiger partial charge in [-0.15, -0.1) is 0 Å². The fourth-order valence-corrected chi connectivity index (χ4v) is 5.05. The minimum Gasteiger partial charge on any atom is -0.381 e. The highest BCUT2D eigenvalue weighted by Gasteiger charge is 2.56. The van der Waals surface area contributed by atoms with Gasteiger partial charge in [-0.1, -0.05) is 6.42 Å². The van der Waals surface area contributed by atoms with Gasteiger partial charge >= 0.3 is 0 Å². The molecular weight excluding hydrogens is 292 g/mol. The largest absolute Gasteiger partial charge is 0.381 e. The molecule has 1 spiro atoms. The van der Waals surface area contributed by atoms with E-state index in [4.69, 9.17) is 9.47 Å². The number of hydrogen-bond acceptors (Lipinski definition) is 4. The lowest BCUT2D eigenvalue weighted by Crippen LogP contribution is -2.75. The van der Waals surface area contributed by atoms with Crippen molar-refractivity contribution in [3.63, 3.8) is 0 Å². The van der Waals surface area contributed by atoms with Crippen LogP contribution in [-0.2, 0) is 14.3 Å². The molecule has 0 bridgehead atoms. The second kappa shape index (κ2) is 6.34. The molecule has 0 aromatic carbocycles. The average molecular weight is 322 g/mol. The number of ether oxygens (including phenoxy) is 2. The molecule has 0 N–H and O–H groups in total. The van der Waals surface area contributed by atoms with E-state index in [1.807, 2.05) is 7.11 Å². The third-order valence-electron chi connectivity index (χ3n) is 6.85. The summed E-state index contributed by atoms with van der Waals surface area (Å²) in [6.45, 7) is 4.66. The predicted molar refractivity (Wildman–Crippen MR) is 87.2 cm³/mol. The SMILES string of the molecule is COC1CN(C2CCN(C(=O)C3CCC3)CC2)C12CCOCC2. The lowest BCUT2D eigenvalue weighted by Gasteiger charge is -2.63. The van der Waals surface area contributed by atoms with Crippen molar-refractivity contribution in [2.24, 2.45) is 5.92 Å². The maximum atomic E-state index is 12.4. The first-order valence-corrected chi connectivity index (χ1v) is 9.41. The molecule has 130 valence electrons. The summed E-state index contributed by atoms with van der Waals surface area (Å²) in [6.07, 6.45) is 8.26. The zero-order chi connectivity index (χ0) is 15.9. The summed E-state index contributed by atoms with van der Waals surface area (Å²) in [5.41, 5.74) is 0.206. The fourth-order valence-electron chi connectivity index (χ4n) is 5.05. The van der Waals surface area contributed by atoms with Crippen LogP contribution in [0.4, 0.5) is 0 Å². The number of rotatable bonds is 3. The Morgan fingerprint density at radius 3 is 2.39 bits per heavy atom. The minimum atomic E-state index is 0.206. The molecule has 23 heavy (non-hydrogen) atoms. The van der Waals surface area contributed by atoms with Crippen LogP contribution < -0.4 is 0 Å². The molecule has 1 amide bonds. The molecule has 0 radical (unpaired) electrons. The average Bonchev–Trinajstić information content (AvgIpc) is 2.54. The van der Waals surface area contributed by atoms with Gasteiger partial charge in [0.15, 0.2) is 0 Å². The number of piperidine rings is 1. The highest BCUT2D eigenvalue weighted by molar-refractivity contribution is 5.79. The summed E-state index contributed by atoms with van der Waals surface area (Å²) in [5.74, 6) is 0.768. The molecule has 5 heteroatoms. The Morgan fingerprint density at radius 1 is 1.13 bits per heavy atom. The highest BCUT2D eigenvalue weighted by atomic mass is 16.5. The highest BCUT2D eigenvalue weighted by Crippen LogP contribution is 2.44. The summed E-state index contributed by atoms with van der Waals surface area (Å²) >= 11 is 0. The predicted octanol–water partition coefficient (Wildman–Crippen LogP) is 1.66. The molecular formula is C18H30N2O3. The molecule has 0 aromatic rings. The van der Waals surface area contributed by atoms with Gasteiger partial charge in [0.2, 0.25) is 5.91 Å². The second-order valence-corrected chi connectivity index (χ2v) is 7.78. The first-order chi connectivity index (χ1) is 11.2. The normalized spacial score (nSPS) is 32.6. The van der Waals surface area contributed by atoms with E-state index in [1.54, 1.807) is 0 Å². The van der Waals surface area contributed by atoms with Gasteiger partial charge in [-0.05, 0) is 38.5 Å². The molecule has 4 fully saturated rings. The van der Waals surface area contributed by atoms with Gasteiger partial charge in [-0.3, -0.25) is 9.69 Å². The van der Waals surface area contributed by atoms with E-state index in [9.17, 15) is 4.79 Å². The van der Waals surface area contributed by atoms with Crippen molar-refractivity contribution in [3.05, 3.63) is 0 Å². The number of hydrogen-bond donors (Lipinski definition) is 0. The van der Waals surface area contributed by atoms with Gasteiger partial charge in [-0.2, -0.15) is 0 Å². The molecule has 1 unspecified atom stereocenters. The minimum absolute atomic E-state index is 0.206. The Bertz CT molecular complexity index is 438. The molecule has 3 aliphatic heterocycles. The van der Waals surface area contributed by atoms with Crippen LogP contribution in [-0.4, -0.2) is 73.3 Å². The van der Waals surface area contributed by atoms with Crippen molar-refractivity contribution in [2.75, 3.05) is 40.0 Å². The van der Waals surface area contributed by atoms with Gasteiger partial charge < -0.3 is 14.4 Å². The van der Waals surface area contributed by atoms with Gasteiger partial charge in [-0.25, -0.2) is 0 Å². The third-order valence-corrected chi connectivity index (χ3v) is 6.85. The van der Waals surface area contributed by atoms with E-state index in [1.165, 1.54) is 6.42 Å². The standard InChI is InChI=1S/C18H30N2O3/c1-22-16-13-20(18(16)7-11-23-12-8-18)15-5-9-19(10-6-15)17(21)14-3-2-4-14/h14-16H,2-13H2,1H3. The second-order valence-electron chi connectivity index (χ2n) is 7.78. The van der Waals surface area contributed by atoms with Crippen molar-refractivity contribution >= 4 is 5.91 Å².